The summed E-state index contributed by atoms with van der Waals surface area (Å²) < 4.78 is 29.4. The second kappa shape index (κ2) is 3.11. The fourth-order valence-electron chi connectivity index (χ4n) is 0.684. The molecule has 0 saturated heterocycles. The molecule has 0 aliphatic rings. The Morgan fingerprint density at radius 2 is 2.25 bits per heavy atom. The lowest BCUT2D eigenvalue weighted by molar-refractivity contribution is 0.481. The van der Waals surface area contributed by atoms with Crippen molar-refractivity contribution in [3.05, 3.63) is 17.5 Å². The molecule has 6 nitrogen and oxygen atoms in total. The van der Waals surface area contributed by atoms with E-state index < -0.39 is 15.9 Å². The van der Waals surface area contributed by atoms with E-state index in [1.807, 2.05) is 0 Å². The van der Waals surface area contributed by atoms with Gasteiger partial charge in [0.15, 0.2) is 0 Å². The molecule has 0 unspecified atom stereocenters. The molecule has 7 heteroatoms. The second-order valence-electron chi connectivity index (χ2n) is 2.27. The highest BCUT2D eigenvalue weighted by atomic mass is 32.2. The summed E-state index contributed by atoms with van der Waals surface area (Å²) in [6.07, 6.45) is 1.26. The molecule has 1 N–H and O–H groups in total. The van der Waals surface area contributed by atoms with Crippen molar-refractivity contribution in [2.24, 2.45) is 0 Å². The molecule has 0 fully saturated rings. The maximum atomic E-state index is 10.4. The zero-order valence-corrected chi connectivity index (χ0v) is 7.11. The lowest BCUT2D eigenvalue weighted by Gasteiger charge is -1.98. The first-order valence-electron chi connectivity index (χ1n) is 3.08. The van der Waals surface area contributed by atoms with Crippen LogP contribution in [0.2, 0.25) is 0 Å². The van der Waals surface area contributed by atoms with Gasteiger partial charge in [-0.05, 0) is 12.1 Å². The monoisotopic (exact) mass is 189 g/mol. The minimum Gasteiger partial charge on any atom is -0.285 e. The van der Waals surface area contributed by atoms with Gasteiger partial charge in [0.05, 0.1) is 11.9 Å². The number of hydrogen-bond acceptors (Lipinski definition) is 5. The van der Waals surface area contributed by atoms with E-state index in [1.54, 1.807) is 6.92 Å². The molecule has 0 spiro atoms. The second-order valence-corrected chi connectivity index (χ2v) is 3.72. The number of aromatic nitrogens is 3. The number of rotatable bonds is 2. The first-order valence-corrected chi connectivity index (χ1v) is 4.69. The first-order chi connectivity index (χ1) is 5.49. The summed E-state index contributed by atoms with van der Waals surface area (Å²) in [7, 11) is -4.01. The molecule has 0 aliphatic heterocycles. The van der Waals surface area contributed by atoms with E-state index in [1.165, 1.54) is 6.20 Å². The smallest absolute Gasteiger partial charge is 0.269 e. The van der Waals surface area contributed by atoms with Crippen LogP contribution in [-0.2, 0) is 15.9 Å². The Morgan fingerprint density at radius 1 is 1.58 bits per heavy atom. The topological polar surface area (TPSA) is 93.0 Å². The molecule has 1 rings (SSSR count). The molecular formula is C5H7N3O3S. The van der Waals surface area contributed by atoms with Gasteiger partial charge in [-0.3, -0.25) is 4.55 Å². The van der Waals surface area contributed by atoms with Crippen LogP contribution in [-0.4, -0.2) is 28.4 Å². The van der Waals surface area contributed by atoms with E-state index in [9.17, 15) is 8.42 Å². The van der Waals surface area contributed by atoms with E-state index in [0.29, 0.717) is 11.3 Å². The fraction of sp³-hybridized carbons (Fsp3) is 0.400. The summed E-state index contributed by atoms with van der Waals surface area (Å²) in [5.41, 5.74) is 0.801. The Kier molecular flexibility index (Phi) is 2.34. The van der Waals surface area contributed by atoms with Gasteiger partial charge >= 0.3 is 0 Å². The van der Waals surface area contributed by atoms with Gasteiger partial charge < -0.3 is 0 Å². The van der Waals surface area contributed by atoms with Gasteiger partial charge in [0, 0.05) is 5.56 Å². The van der Waals surface area contributed by atoms with Crippen molar-refractivity contribution in [2.45, 2.75) is 12.7 Å². The highest BCUT2D eigenvalue weighted by Gasteiger charge is 2.09. The first kappa shape index (κ1) is 9.01. The van der Waals surface area contributed by atoms with Crippen LogP contribution in [0.4, 0.5) is 0 Å². The molecule has 66 valence electrons. The van der Waals surface area contributed by atoms with E-state index in [2.05, 4.69) is 15.4 Å². The average molecular weight is 189 g/mol. The molecule has 1 aromatic rings. The standard InChI is InChI=1S/C5H7N3O3S/c1-4-5(2-6-8-7-4)3-12(9,10)11/h2H,3H2,1H3,(H,9,10,11). The highest BCUT2D eigenvalue weighted by molar-refractivity contribution is 7.85. The van der Waals surface area contributed by atoms with Gasteiger partial charge in [0.25, 0.3) is 10.1 Å². The molecule has 0 atom stereocenters. The quantitative estimate of drug-likeness (QED) is 0.634. The Labute approximate surface area is 69.4 Å². The predicted octanol–water partition coefficient (Wildman–Crippen LogP) is -0.432. The van der Waals surface area contributed by atoms with Gasteiger partial charge in [0.2, 0.25) is 0 Å². The van der Waals surface area contributed by atoms with Crippen LogP contribution in [0.15, 0.2) is 6.20 Å². The van der Waals surface area contributed by atoms with Crippen LogP contribution in [0, 0.1) is 6.92 Å². The molecule has 0 aliphatic carbocycles. The van der Waals surface area contributed by atoms with Gasteiger partial charge in [-0.1, -0.05) is 0 Å². The molecule has 0 saturated carbocycles. The van der Waals surface area contributed by atoms with Crippen molar-refractivity contribution in [3.63, 3.8) is 0 Å². The minimum atomic E-state index is -4.01. The van der Waals surface area contributed by atoms with Gasteiger partial charge in [-0.15, -0.1) is 10.2 Å². The number of hydrogen-bond donors (Lipinski definition) is 1. The normalized spacial score (nSPS) is 11.5. The molecular weight excluding hydrogens is 182 g/mol. The van der Waals surface area contributed by atoms with E-state index in [4.69, 9.17) is 4.55 Å². The summed E-state index contributed by atoms with van der Waals surface area (Å²) in [4.78, 5) is 0. The van der Waals surface area contributed by atoms with E-state index >= 15 is 0 Å². The summed E-state index contributed by atoms with van der Waals surface area (Å²) in [5.74, 6) is -0.471. The van der Waals surface area contributed by atoms with Crippen LogP contribution in [0.1, 0.15) is 11.3 Å². The average Bonchev–Trinajstić information content (AvgIpc) is 1.91. The Morgan fingerprint density at radius 3 is 2.75 bits per heavy atom. The van der Waals surface area contributed by atoms with Crippen molar-refractivity contribution in [1.82, 2.24) is 15.4 Å². The molecule has 12 heavy (non-hydrogen) atoms. The molecule has 0 bridgehead atoms. The molecule has 0 amide bonds. The number of nitrogens with zero attached hydrogens (tertiary/aromatic N) is 3. The van der Waals surface area contributed by atoms with Gasteiger partial charge in [0.1, 0.15) is 5.75 Å². The molecule has 1 heterocycles. The van der Waals surface area contributed by atoms with Crippen LogP contribution < -0.4 is 0 Å². The zero-order valence-electron chi connectivity index (χ0n) is 6.30. The van der Waals surface area contributed by atoms with Crippen molar-refractivity contribution < 1.29 is 13.0 Å². The molecule has 1 aromatic heterocycles. The van der Waals surface area contributed by atoms with Crippen molar-refractivity contribution in [1.29, 1.82) is 0 Å². The minimum absolute atomic E-state index is 0.354. The van der Waals surface area contributed by atoms with Crippen LogP contribution in [0.3, 0.4) is 0 Å². The van der Waals surface area contributed by atoms with Gasteiger partial charge in [-0.2, -0.15) is 8.42 Å². The molecule has 0 radical (unpaired) electrons. The Bertz CT molecular complexity index is 375. The zero-order chi connectivity index (χ0) is 9.19. The van der Waals surface area contributed by atoms with Gasteiger partial charge in [-0.25, -0.2) is 0 Å². The SMILES string of the molecule is Cc1nnncc1CS(=O)(=O)O. The summed E-state index contributed by atoms with van der Waals surface area (Å²) in [5, 5.41) is 10.2. The largest absolute Gasteiger partial charge is 0.285 e. The summed E-state index contributed by atoms with van der Waals surface area (Å²) in [6.45, 7) is 1.59. The maximum Gasteiger partial charge on any atom is 0.269 e. The lowest BCUT2D eigenvalue weighted by atomic mass is 10.3. The van der Waals surface area contributed by atoms with E-state index in [-0.39, 0.29) is 0 Å². The predicted molar refractivity (Wildman–Crippen MR) is 39.8 cm³/mol. The third kappa shape index (κ3) is 2.51. The van der Waals surface area contributed by atoms with E-state index in [0.717, 1.165) is 0 Å². The fourth-order valence-corrected chi connectivity index (χ4v) is 1.36. The van der Waals surface area contributed by atoms with Crippen LogP contribution in [0.5, 0.6) is 0 Å². The van der Waals surface area contributed by atoms with Crippen molar-refractivity contribution in [2.75, 3.05) is 0 Å². The summed E-state index contributed by atoms with van der Waals surface area (Å²) >= 11 is 0. The number of aryl methyl sites for hydroxylation is 1. The highest BCUT2D eigenvalue weighted by Crippen LogP contribution is 2.04. The molecule has 0 aromatic carbocycles. The maximum absolute atomic E-state index is 10.4. The third-order valence-electron chi connectivity index (χ3n) is 1.26. The lowest BCUT2D eigenvalue weighted by Crippen LogP contribution is -2.05. The third-order valence-corrected chi connectivity index (χ3v) is 1.94. The van der Waals surface area contributed by atoms with Crippen molar-refractivity contribution in [3.8, 4) is 0 Å². The Balaban J connectivity index is 2.98. The van der Waals surface area contributed by atoms with Crippen LogP contribution >= 0.6 is 0 Å². The van der Waals surface area contributed by atoms with Crippen LogP contribution in [0.25, 0.3) is 0 Å². The Hall–Kier alpha value is -1.08. The van der Waals surface area contributed by atoms with Crippen molar-refractivity contribution >= 4 is 10.1 Å². The summed E-state index contributed by atoms with van der Waals surface area (Å²) in [6, 6.07) is 0.